The zero-order valence-electron chi connectivity index (χ0n) is 20.4. The van der Waals surface area contributed by atoms with Crippen molar-refractivity contribution in [1.82, 2.24) is 16.0 Å². The van der Waals surface area contributed by atoms with Crippen molar-refractivity contribution in [3.8, 4) is 0 Å². The maximum Gasteiger partial charge on any atom is 0.326 e. The number of amides is 5. The van der Waals surface area contributed by atoms with Crippen LogP contribution in [0.15, 0.2) is 4.99 Å². The highest BCUT2D eigenvalue weighted by Crippen LogP contribution is 2.05. The highest BCUT2D eigenvalue weighted by Gasteiger charge is 2.31. The Labute approximate surface area is 208 Å². The average molecular weight is 516 g/mol. The Bertz CT molecular complexity index is 843. The van der Waals surface area contributed by atoms with Gasteiger partial charge in [0.2, 0.25) is 29.5 Å². The Morgan fingerprint density at radius 3 is 1.78 bits per heavy atom. The Balaban J connectivity index is 5.57. The first kappa shape index (κ1) is 32.0. The first-order chi connectivity index (χ1) is 16.6. The highest BCUT2D eigenvalue weighted by molar-refractivity contribution is 5.96. The van der Waals surface area contributed by atoms with Gasteiger partial charge in [-0.25, -0.2) is 4.79 Å². The maximum absolute atomic E-state index is 12.8. The lowest BCUT2D eigenvalue weighted by atomic mass is 10.0. The number of aliphatic imine (C=N–C) groups is 1. The molecule has 5 amide bonds. The van der Waals surface area contributed by atoms with Crippen LogP contribution in [-0.4, -0.2) is 77.3 Å². The Morgan fingerprint density at radius 2 is 1.31 bits per heavy atom. The molecule has 0 aromatic heterocycles. The summed E-state index contributed by atoms with van der Waals surface area (Å²) in [7, 11) is 0. The fourth-order valence-corrected chi connectivity index (χ4v) is 2.84. The third kappa shape index (κ3) is 13.1. The number of guanidine groups is 1. The van der Waals surface area contributed by atoms with E-state index in [4.69, 9.17) is 28.7 Å². The number of nitrogens with zero attached hydrogens (tertiary/aromatic N) is 1. The lowest BCUT2D eigenvalue weighted by Crippen LogP contribution is -2.58. The predicted molar refractivity (Wildman–Crippen MR) is 128 cm³/mol. The molecule has 16 nitrogen and oxygen atoms in total. The van der Waals surface area contributed by atoms with Crippen molar-refractivity contribution >= 4 is 41.5 Å². The normalized spacial score (nSPS) is 14.0. The molecular formula is C20H37N9O7. The van der Waals surface area contributed by atoms with Gasteiger partial charge in [-0.15, -0.1) is 0 Å². The number of carbonyl (C=O) groups is 6. The van der Waals surface area contributed by atoms with E-state index in [-0.39, 0.29) is 44.1 Å². The number of aliphatic carboxylic acids is 1. The number of nitrogens with one attached hydrogen (secondary N) is 3. The van der Waals surface area contributed by atoms with E-state index in [1.165, 1.54) is 0 Å². The molecule has 0 bridgehead atoms. The van der Waals surface area contributed by atoms with Gasteiger partial charge < -0.3 is 49.7 Å². The summed E-state index contributed by atoms with van der Waals surface area (Å²) in [6, 6.07) is -5.24. The molecular weight excluding hydrogens is 478 g/mol. The molecule has 0 fully saturated rings. The van der Waals surface area contributed by atoms with E-state index < -0.39 is 66.1 Å². The van der Waals surface area contributed by atoms with E-state index >= 15 is 0 Å². The van der Waals surface area contributed by atoms with E-state index in [9.17, 15) is 33.9 Å². The van der Waals surface area contributed by atoms with Gasteiger partial charge in [-0.3, -0.25) is 29.0 Å². The molecule has 0 aromatic carbocycles. The van der Waals surface area contributed by atoms with Crippen LogP contribution in [0.4, 0.5) is 0 Å². The van der Waals surface area contributed by atoms with Crippen molar-refractivity contribution in [2.45, 2.75) is 70.1 Å². The van der Waals surface area contributed by atoms with Crippen molar-refractivity contribution < 1.29 is 33.9 Å². The number of carboxylic acids is 1. The molecule has 4 atom stereocenters. The summed E-state index contributed by atoms with van der Waals surface area (Å²) in [5, 5.41) is 16.3. The number of rotatable bonds is 17. The summed E-state index contributed by atoms with van der Waals surface area (Å²) in [5.74, 6) is -6.13. The second-order valence-corrected chi connectivity index (χ2v) is 8.42. The molecule has 0 radical (unpaired) electrons. The van der Waals surface area contributed by atoms with E-state index in [2.05, 4.69) is 20.9 Å². The van der Waals surface area contributed by atoms with Gasteiger partial charge in [-0.2, -0.15) is 0 Å². The number of hydrogen-bond acceptors (Lipinski definition) is 8. The van der Waals surface area contributed by atoms with Gasteiger partial charge in [0.05, 0.1) is 12.5 Å². The average Bonchev–Trinajstić information content (AvgIpc) is 2.76. The topological polar surface area (TPSA) is 301 Å². The summed E-state index contributed by atoms with van der Waals surface area (Å²) in [4.78, 5) is 75.9. The Hall–Kier alpha value is -3.95. The summed E-state index contributed by atoms with van der Waals surface area (Å²) >= 11 is 0. The van der Waals surface area contributed by atoms with Gasteiger partial charge >= 0.3 is 5.97 Å². The monoisotopic (exact) mass is 515 g/mol. The quantitative estimate of drug-likeness (QED) is 0.0509. The Morgan fingerprint density at radius 1 is 0.778 bits per heavy atom. The SMILES string of the molecule is CC(C)C(N)C(=O)NC(CC(N)=O)C(=O)NC(CCC(N)=O)C(=O)NC(CCCN=C(N)N)C(=O)O. The van der Waals surface area contributed by atoms with Gasteiger partial charge in [0, 0.05) is 13.0 Å². The van der Waals surface area contributed by atoms with Crippen molar-refractivity contribution in [2.24, 2.45) is 39.6 Å². The molecule has 0 aliphatic heterocycles. The van der Waals surface area contributed by atoms with E-state index in [1.54, 1.807) is 13.8 Å². The first-order valence-corrected chi connectivity index (χ1v) is 11.2. The third-order valence-electron chi connectivity index (χ3n) is 4.93. The fourth-order valence-electron chi connectivity index (χ4n) is 2.84. The van der Waals surface area contributed by atoms with Crippen molar-refractivity contribution in [3.05, 3.63) is 0 Å². The van der Waals surface area contributed by atoms with Crippen LogP contribution in [0.2, 0.25) is 0 Å². The minimum atomic E-state index is -1.47. The fraction of sp³-hybridized carbons (Fsp3) is 0.650. The minimum Gasteiger partial charge on any atom is -0.480 e. The lowest BCUT2D eigenvalue weighted by Gasteiger charge is -2.25. The van der Waals surface area contributed by atoms with Crippen molar-refractivity contribution in [3.63, 3.8) is 0 Å². The van der Waals surface area contributed by atoms with Crippen LogP contribution in [0.25, 0.3) is 0 Å². The molecule has 36 heavy (non-hydrogen) atoms. The smallest absolute Gasteiger partial charge is 0.326 e. The summed E-state index contributed by atoms with van der Waals surface area (Å²) in [6.45, 7) is 3.47. The first-order valence-electron chi connectivity index (χ1n) is 11.2. The van der Waals surface area contributed by atoms with Crippen LogP contribution in [0.5, 0.6) is 0 Å². The van der Waals surface area contributed by atoms with E-state index in [0.717, 1.165) is 0 Å². The zero-order valence-corrected chi connectivity index (χ0v) is 20.4. The molecule has 0 aromatic rings. The minimum absolute atomic E-state index is 0.0399. The van der Waals surface area contributed by atoms with Gasteiger partial charge in [-0.05, 0) is 25.2 Å². The molecule has 0 spiro atoms. The van der Waals surface area contributed by atoms with E-state index in [0.29, 0.717) is 0 Å². The summed E-state index contributed by atoms with van der Waals surface area (Å²) in [6.07, 6.45) is -1.03. The van der Waals surface area contributed by atoms with Gasteiger partial charge in [0.15, 0.2) is 5.96 Å². The molecule has 0 saturated heterocycles. The second-order valence-electron chi connectivity index (χ2n) is 8.42. The molecule has 0 heterocycles. The van der Waals surface area contributed by atoms with Crippen LogP contribution in [-0.2, 0) is 28.8 Å². The molecule has 14 N–H and O–H groups in total. The Kier molecular flexibility index (Phi) is 14.1. The molecule has 0 saturated carbocycles. The summed E-state index contributed by atoms with van der Waals surface area (Å²) < 4.78 is 0. The van der Waals surface area contributed by atoms with Crippen LogP contribution in [0.3, 0.4) is 0 Å². The van der Waals surface area contributed by atoms with Crippen LogP contribution < -0.4 is 44.6 Å². The second kappa shape index (κ2) is 15.9. The predicted octanol–water partition coefficient (Wildman–Crippen LogP) is -4.30. The third-order valence-corrected chi connectivity index (χ3v) is 4.93. The number of carboxylic acid groups (broad SMARTS) is 1. The van der Waals surface area contributed by atoms with Gasteiger partial charge in [-0.1, -0.05) is 13.8 Å². The molecule has 16 heteroatoms. The number of carbonyl (C=O) groups excluding carboxylic acids is 5. The molecule has 4 unspecified atom stereocenters. The number of primary amides is 2. The lowest BCUT2D eigenvalue weighted by molar-refractivity contribution is -0.142. The number of nitrogens with two attached hydrogens (primary N) is 5. The van der Waals surface area contributed by atoms with Crippen LogP contribution in [0, 0.1) is 5.92 Å². The molecule has 0 aliphatic rings. The van der Waals surface area contributed by atoms with Crippen molar-refractivity contribution in [1.29, 1.82) is 0 Å². The largest absolute Gasteiger partial charge is 0.480 e. The zero-order chi connectivity index (χ0) is 28.0. The number of hydrogen-bond donors (Lipinski definition) is 9. The van der Waals surface area contributed by atoms with Crippen LogP contribution >= 0.6 is 0 Å². The van der Waals surface area contributed by atoms with Gasteiger partial charge in [0.25, 0.3) is 0 Å². The standard InChI is InChI=1S/C20H37N9O7/c1-9(2)15(23)18(34)29-12(8-14(22)31)17(33)27-10(5-6-13(21)30)16(32)28-11(19(35)36)4-3-7-26-20(24)25/h9-12,15H,3-8,23H2,1-2H3,(H2,21,30)(H2,22,31)(H,27,33)(H,28,32)(H,29,34)(H,35,36)(H4,24,25,26). The van der Waals surface area contributed by atoms with E-state index in [1.807, 2.05) is 0 Å². The molecule has 0 aliphatic carbocycles. The van der Waals surface area contributed by atoms with Crippen molar-refractivity contribution in [2.75, 3.05) is 6.54 Å². The molecule has 204 valence electrons. The van der Waals surface area contributed by atoms with Crippen LogP contribution in [0.1, 0.15) is 46.0 Å². The maximum atomic E-state index is 12.8. The summed E-state index contributed by atoms with van der Waals surface area (Å²) in [5.41, 5.74) is 26.5. The van der Waals surface area contributed by atoms with Gasteiger partial charge in [0.1, 0.15) is 18.1 Å². The highest BCUT2D eigenvalue weighted by atomic mass is 16.4. The molecule has 0 rings (SSSR count).